The summed E-state index contributed by atoms with van der Waals surface area (Å²) >= 11 is 5.99. The summed E-state index contributed by atoms with van der Waals surface area (Å²) in [5, 5.41) is 4.40. The second-order valence-electron chi connectivity index (χ2n) is 5.51. The monoisotopic (exact) mass is 379 g/mol. The lowest BCUT2D eigenvalue weighted by molar-refractivity contribution is 0.600. The maximum Gasteiger partial charge on any atom is 0.237 e. The largest absolute Gasteiger partial charge is 0.280 e. The number of anilines is 1. The number of hydrogen-bond acceptors (Lipinski definition) is 3. The van der Waals surface area contributed by atoms with Crippen LogP contribution in [0.4, 0.5) is 10.1 Å². The SMILES string of the molecule is O=S(=O)(Cc1ccccc1)Nc1cnn(Cc2ccc(F)cc2Cl)c1. The van der Waals surface area contributed by atoms with Crippen LogP contribution in [0.2, 0.25) is 5.02 Å². The molecular formula is C17H15ClFN3O2S. The van der Waals surface area contributed by atoms with Crippen molar-refractivity contribution in [2.24, 2.45) is 0 Å². The van der Waals surface area contributed by atoms with E-state index in [4.69, 9.17) is 11.6 Å². The Morgan fingerprint density at radius 1 is 1.16 bits per heavy atom. The van der Waals surface area contributed by atoms with Crippen LogP contribution in [0.3, 0.4) is 0 Å². The lowest BCUT2D eigenvalue weighted by atomic mass is 10.2. The van der Waals surface area contributed by atoms with E-state index in [-0.39, 0.29) is 5.75 Å². The van der Waals surface area contributed by atoms with E-state index in [0.29, 0.717) is 28.4 Å². The van der Waals surface area contributed by atoms with E-state index in [1.165, 1.54) is 23.0 Å². The molecule has 25 heavy (non-hydrogen) atoms. The Hall–Kier alpha value is -2.38. The number of aromatic nitrogens is 2. The van der Waals surface area contributed by atoms with Crippen LogP contribution in [0.15, 0.2) is 60.9 Å². The van der Waals surface area contributed by atoms with Gasteiger partial charge in [0.15, 0.2) is 0 Å². The predicted molar refractivity (Wildman–Crippen MR) is 95.4 cm³/mol. The van der Waals surface area contributed by atoms with Gasteiger partial charge in [-0.25, -0.2) is 12.8 Å². The van der Waals surface area contributed by atoms with Crippen LogP contribution in [0, 0.1) is 5.82 Å². The maximum atomic E-state index is 13.1. The van der Waals surface area contributed by atoms with Crippen LogP contribution in [0.25, 0.3) is 0 Å². The zero-order chi connectivity index (χ0) is 17.9. The number of nitrogens with zero attached hydrogens (tertiary/aromatic N) is 2. The van der Waals surface area contributed by atoms with Crippen molar-refractivity contribution < 1.29 is 12.8 Å². The molecule has 1 aromatic heterocycles. The molecule has 0 bridgehead atoms. The lowest BCUT2D eigenvalue weighted by Crippen LogP contribution is -2.14. The third-order valence-electron chi connectivity index (χ3n) is 3.45. The quantitative estimate of drug-likeness (QED) is 0.710. The van der Waals surface area contributed by atoms with Crippen molar-refractivity contribution in [3.63, 3.8) is 0 Å². The van der Waals surface area contributed by atoms with E-state index >= 15 is 0 Å². The van der Waals surface area contributed by atoms with Gasteiger partial charge in [-0.2, -0.15) is 5.10 Å². The summed E-state index contributed by atoms with van der Waals surface area (Å²) in [6.45, 7) is 0.305. The molecule has 8 heteroatoms. The topological polar surface area (TPSA) is 64.0 Å². The minimum Gasteiger partial charge on any atom is -0.280 e. The summed E-state index contributed by atoms with van der Waals surface area (Å²) in [7, 11) is -3.54. The summed E-state index contributed by atoms with van der Waals surface area (Å²) in [6, 6.07) is 13.0. The Bertz CT molecular complexity index is 975. The molecule has 0 spiro atoms. The molecule has 0 amide bonds. The van der Waals surface area contributed by atoms with Gasteiger partial charge in [-0.1, -0.05) is 48.0 Å². The van der Waals surface area contributed by atoms with Crippen LogP contribution >= 0.6 is 11.6 Å². The Morgan fingerprint density at radius 2 is 1.92 bits per heavy atom. The highest BCUT2D eigenvalue weighted by molar-refractivity contribution is 7.91. The third kappa shape index (κ3) is 4.80. The summed E-state index contributed by atoms with van der Waals surface area (Å²) in [4.78, 5) is 0. The standard InChI is InChI=1S/C17H15ClFN3O2S/c18-17-8-15(19)7-6-14(17)10-22-11-16(9-20-22)21-25(23,24)12-13-4-2-1-3-5-13/h1-9,11,21H,10,12H2. The molecule has 0 atom stereocenters. The number of rotatable bonds is 6. The number of sulfonamides is 1. The molecule has 0 saturated heterocycles. The molecule has 0 aliphatic carbocycles. The van der Waals surface area contributed by atoms with Crippen molar-refractivity contribution >= 4 is 27.3 Å². The van der Waals surface area contributed by atoms with E-state index in [1.54, 1.807) is 36.5 Å². The van der Waals surface area contributed by atoms with Crippen LogP contribution < -0.4 is 4.72 Å². The van der Waals surface area contributed by atoms with Crippen molar-refractivity contribution in [2.75, 3.05) is 4.72 Å². The van der Waals surface area contributed by atoms with E-state index in [0.717, 1.165) is 0 Å². The Kier molecular flexibility index (Phi) is 5.06. The van der Waals surface area contributed by atoms with Gasteiger partial charge in [-0.3, -0.25) is 9.40 Å². The first-order valence-electron chi connectivity index (χ1n) is 7.42. The molecule has 0 saturated carbocycles. The molecular weight excluding hydrogens is 365 g/mol. The van der Waals surface area contributed by atoms with Gasteiger partial charge in [0.1, 0.15) is 5.82 Å². The van der Waals surface area contributed by atoms with E-state index < -0.39 is 15.8 Å². The van der Waals surface area contributed by atoms with Gasteiger partial charge in [-0.05, 0) is 23.3 Å². The highest BCUT2D eigenvalue weighted by Crippen LogP contribution is 2.19. The molecule has 0 fully saturated rings. The van der Waals surface area contributed by atoms with Gasteiger partial charge < -0.3 is 0 Å². The first kappa shape index (κ1) is 17.4. The molecule has 130 valence electrons. The number of hydrogen-bond donors (Lipinski definition) is 1. The van der Waals surface area contributed by atoms with Crippen molar-refractivity contribution in [3.8, 4) is 0 Å². The van der Waals surface area contributed by atoms with Crippen molar-refractivity contribution in [1.82, 2.24) is 9.78 Å². The van der Waals surface area contributed by atoms with Gasteiger partial charge >= 0.3 is 0 Å². The van der Waals surface area contributed by atoms with Gasteiger partial charge in [0.25, 0.3) is 0 Å². The summed E-state index contributed by atoms with van der Waals surface area (Å²) in [5.74, 6) is -0.536. The fourth-order valence-electron chi connectivity index (χ4n) is 2.34. The molecule has 0 radical (unpaired) electrons. The molecule has 3 rings (SSSR count). The average Bonchev–Trinajstić information content (AvgIpc) is 2.97. The summed E-state index contributed by atoms with van der Waals surface area (Å²) in [6.07, 6.45) is 2.97. The van der Waals surface area contributed by atoms with Crippen molar-refractivity contribution in [3.05, 3.63) is 82.9 Å². The maximum absolute atomic E-state index is 13.1. The molecule has 3 aromatic rings. The fraction of sp³-hybridized carbons (Fsp3) is 0.118. The molecule has 0 aliphatic heterocycles. The zero-order valence-corrected chi connectivity index (χ0v) is 14.6. The molecule has 0 unspecified atom stereocenters. The molecule has 5 nitrogen and oxygen atoms in total. The van der Waals surface area contributed by atoms with E-state index in [9.17, 15) is 12.8 Å². The molecule has 2 aromatic carbocycles. The Labute approximate surface area is 150 Å². The Balaban J connectivity index is 1.69. The number of benzene rings is 2. The number of halogens is 2. The average molecular weight is 380 g/mol. The summed E-state index contributed by atoms with van der Waals surface area (Å²) in [5.41, 5.74) is 1.74. The third-order valence-corrected chi connectivity index (χ3v) is 5.07. The molecule has 1 heterocycles. The lowest BCUT2D eigenvalue weighted by Gasteiger charge is -2.06. The fourth-order valence-corrected chi connectivity index (χ4v) is 3.73. The number of nitrogens with one attached hydrogen (secondary N) is 1. The van der Waals surface area contributed by atoms with E-state index in [2.05, 4.69) is 9.82 Å². The predicted octanol–water partition coefficient (Wildman–Crippen LogP) is 3.67. The minimum absolute atomic E-state index is 0.122. The normalized spacial score (nSPS) is 11.4. The molecule has 0 aliphatic rings. The van der Waals surface area contributed by atoms with Crippen LogP contribution in [0.5, 0.6) is 0 Å². The van der Waals surface area contributed by atoms with Crippen LogP contribution in [0.1, 0.15) is 11.1 Å². The summed E-state index contributed by atoms with van der Waals surface area (Å²) < 4.78 is 41.5. The Morgan fingerprint density at radius 3 is 2.64 bits per heavy atom. The highest BCUT2D eigenvalue weighted by atomic mass is 35.5. The second kappa shape index (κ2) is 7.25. The smallest absolute Gasteiger partial charge is 0.237 e. The second-order valence-corrected chi connectivity index (χ2v) is 7.64. The van der Waals surface area contributed by atoms with Gasteiger partial charge in [-0.15, -0.1) is 0 Å². The first-order valence-corrected chi connectivity index (χ1v) is 9.45. The van der Waals surface area contributed by atoms with E-state index in [1.807, 2.05) is 6.07 Å². The van der Waals surface area contributed by atoms with Gasteiger partial charge in [0.05, 0.1) is 24.2 Å². The van der Waals surface area contributed by atoms with Crippen molar-refractivity contribution in [2.45, 2.75) is 12.3 Å². The van der Waals surface area contributed by atoms with Crippen LogP contribution in [-0.2, 0) is 22.3 Å². The van der Waals surface area contributed by atoms with Crippen molar-refractivity contribution in [1.29, 1.82) is 0 Å². The molecule has 1 N–H and O–H groups in total. The van der Waals surface area contributed by atoms with Crippen LogP contribution in [-0.4, -0.2) is 18.2 Å². The first-order chi connectivity index (χ1) is 11.9. The minimum atomic E-state index is -3.54. The zero-order valence-electron chi connectivity index (χ0n) is 13.1. The highest BCUT2D eigenvalue weighted by Gasteiger charge is 2.13. The van der Waals surface area contributed by atoms with Gasteiger partial charge in [0.2, 0.25) is 10.0 Å². The van der Waals surface area contributed by atoms with Gasteiger partial charge in [0, 0.05) is 11.2 Å².